The number of hydrogen-bond acceptors (Lipinski definition) is 4. The molecule has 2 heterocycles. The molecule has 3 rings (SSSR count). The van der Waals surface area contributed by atoms with Crippen LogP contribution >= 0.6 is 0 Å². The maximum atomic E-state index is 10.6. The number of carboxylic acids is 1. The highest BCUT2D eigenvalue weighted by atomic mass is 16.4. The van der Waals surface area contributed by atoms with Gasteiger partial charge >= 0.3 is 5.97 Å². The van der Waals surface area contributed by atoms with Crippen LogP contribution in [0.2, 0.25) is 0 Å². The van der Waals surface area contributed by atoms with Crippen molar-refractivity contribution in [3.8, 4) is 5.69 Å². The van der Waals surface area contributed by atoms with Gasteiger partial charge in [-0.25, -0.2) is 4.68 Å². The number of benzene rings is 1. The van der Waals surface area contributed by atoms with Crippen molar-refractivity contribution in [1.29, 1.82) is 0 Å². The molecule has 2 aromatic rings. The van der Waals surface area contributed by atoms with E-state index in [2.05, 4.69) is 21.1 Å². The first-order valence-corrected chi connectivity index (χ1v) is 7.96. The fraction of sp³-hybridized carbons (Fsp3) is 0.412. The summed E-state index contributed by atoms with van der Waals surface area (Å²) in [5.74, 6) is -0.722. The molecule has 0 amide bonds. The van der Waals surface area contributed by atoms with Gasteiger partial charge in [0.05, 0.1) is 18.3 Å². The summed E-state index contributed by atoms with van der Waals surface area (Å²) in [5.41, 5.74) is 2.27. The summed E-state index contributed by atoms with van der Waals surface area (Å²) in [7, 11) is 0. The molecular weight excluding hydrogens is 292 g/mol. The van der Waals surface area contributed by atoms with Crippen molar-refractivity contribution in [3.05, 3.63) is 48.3 Å². The molecule has 6 nitrogen and oxygen atoms in total. The van der Waals surface area contributed by atoms with Crippen LogP contribution in [0.5, 0.6) is 0 Å². The third-order valence-electron chi connectivity index (χ3n) is 4.17. The van der Waals surface area contributed by atoms with E-state index in [-0.39, 0.29) is 6.42 Å². The summed E-state index contributed by atoms with van der Waals surface area (Å²) in [6.45, 7) is 5.33. The van der Waals surface area contributed by atoms with E-state index in [0.717, 1.165) is 38.4 Å². The Balaban J connectivity index is 1.50. The maximum Gasteiger partial charge on any atom is 0.304 e. The summed E-state index contributed by atoms with van der Waals surface area (Å²) >= 11 is 0. The second-order valence-electron chi connectivity index (χ2n) is 5.89. The number of aliphatic carboxylic acids is 1. The lowest BCUT2D eigenvalue weighted by molar-refractivity contribution is -0.137. The Morgan fingerprint density at radius 3 is 2.48 bits per heavy atom. The molecule has 0 radical (unpaired) electrons. The average Bonchev–Trinajstić information content (AvgIpc) is 3.03. The molecule has 0 bridgehead atoms. The smallest absolute Gasteiger partial charge is 0.304 e. The zero-order valence-corrected chi connectivity index (χ0v) is 13.1. The van der Waals surface area contributed by atoms with E-state index >= 15 is 0 Å². The standard InChI is InChI=1S/C17H22N4O2/c22-17(23)6-7-19-8-10-20(11-9-19)13-15-12-18-21(14-15)16-4-2-1-3-5-16/h1-5,12,14H,6-11,13H2,(H,22,23). The minimum atomic E-state index is -0.722. The van der Waals surface area contributed by atoms with E-state index in [9.17, 15) is 4.79 Å². The van der Waals surface area contributed by atoms with Crippen molar-refractivity contribution in [2.75, 3.05) is 32.7 Å². The number of piperazine rings is 1. The van der Waals surface area contributed by atoms with Gasteiger partial charge in [0.1, 0.15) is 0 Å². The molecule has 6 heteroatoms. The molecule has 1 aromatic heterocycles. The van der Waals surface area contributed by atoms with Crippen molar-refractivity contribution in [2.24, 2.45) is 0 Å². The molecule has 1 aliphatic heterocycles. The quantitative estimate of drug-likeness (QED) is 0.875. The molecule has 0 aliphatic carbocycles. The summed E-state index contributed by atoms with van der Waals surface area (Å²) in [6, 6.07) is 10.1. The Kier molecular flexibility index (Phi) is 5.05. The van der Waals surface area contributed by atoms with Gasteiger partial charge < -0.3 is 10.0 Å². The van der Waals surface area contributed by atoms with Crippen LogP contribution in [0.25, 0.3) is 5.69 Å². The SMILES string of the molecule is O=C(O)CCN1CCN(Cc2cnn(-c3ccccc3)c2)CC1. The van der Waals surface area contributed by atoms with E-state index in [1.165, 1.54) is 5.56 Å². The molecule has 1 fully saturated rings. The van der Waals surface area contributed by atoms with Gasteiger partial charge in [0.2, 0.25) is 0 Å². The van der Waals surface area contributed by atoms with Crippen LogP contribution in [0, 0.1) is 0 Å². The molecule has 0 spiro atoms. The van der Waals surface area contributed by atoms with Crippen LogP contribution in [0.3, 0.4) is 0 Å². The highest BCUT2D eigenvalue weighted by Crippen LogP contribution is 2.11. The molecule has 1 N–H and O–H groups in total. The second kappa shape index (κ2) is 7.39. The number of carboxylic acid groups (broad SMARTS) is 1. The van der Waals surface area contributed by atoms with E-state index in [0.29, 0.717) is 6.54 Å². The van der Waals surface area contributed by atoms with E-state index in [4.69, 9.17) is 5.11 Å². The third-order valence-corrected chi connectivity index (χ3v) is 4.17. The van der Waals surface area contributed by atoms with Crippen LogP contribution in [-0.4, -0.2) is 63.4 Å². The molecule has 0 atom stereocenters. The van der Waals surface area contributed by atoms with Gasteiger partial charge in [0.15, 0.2) is 0 Å². The Labute approximate surface area is 135 Å². The normalized spacial score (nSPS) is 16.5. The molecule has 1 saturated heterocycles. The maximum absolute atomic E-state index is 10.6. The first-order valence-electron chi connectivity index (χ1n) is 7.96. The lowest BCUT2D eigenvalue weighted by Gasteiger charge is -2.34. The number of aromatic nitrogens is 2. The molecule has 23 heavy (non-hydrogen) atoms. The van der Waals surface area contributed by atoms with E-state index < -0.39 is 5.97 Å². The van der Waals surface area contributed by atoms with Gasteiger partial charge in [-0.3, -0.25) is 9.69 Å². The average molecular weight is 314 g/mol. The van der Waals surface area contributed by atoms with Gasteiger partial charge in [-0.1, -0.05) is 18.2 Å². The lowest BCUT2D eigenvalue weighted by Crippen LogP contribution is -2.46. The Bertz CT molecular complexity index is 633. The molecule has 1 aromatic carbocycles. The van der Waals surface area contributed by atoms with Crippen molar-refractivity contribution in [1.82, 2.24) is 19.6 Å². The largest absolute Gasteiger partial charge is 0.481 e. The van der Waals surface area contributed by atoms with Gasteiger partial charge in [-0.15, -0.1) is 0 Å². The van der Waals surface area contributed by atoms with Crippen molar-refractivity contribution >= 4 is 5.97 Å². The van der Waals surface area contributed by atoms with Crippen molar-refractivity contribution in [2.45, 2.75) is 13.0 Å². The zero-order valence-electron chi connectivity index (χ0n) is 13.1. The van der Waals surface area contributed by atoms with Crippen LogP contribution in [-0.2, 0) is 11.3 Å². The van der Waals surface area contributed by atoms with Crippen molar-refractivity contribution < 1.29 is 9.90 Å². The van der Waals surface area contributed by atoms with Crippen molar-refractivity contribution in [3.63, 3.8) is 0 Å². The Hall–Kier alpha value is -2.18. The summed E-state index contributed by atoms with van der Waals surface area (Å²) < 4.78 is 1.90. The first kappa shape index (κ1) is 15.7. The number of rotatable bonds is 6. The number of hydrogen-bond donors (Lipinski definition) is 1. The van der Waals surface area contributed by atoms with E-state index in [1.807, 2.05) is 41.2 Å². The topological polar surface area (TPSA) is 61.6 Å². The zero-order chi connectivity index (χ0) is 16.1. The molecular formula is C17H22N4O2. The highest BCUT2D eigenvalue weighted by molar-refractivity contribution is 5.66. The van der Waals surface area contributed by atoms with Crippen LogP contribution in [0.4, 0.5) is 0 Å². The van der Waals surface area contributed by atoms with Gasteiger partial charge in [0, 0.05) is 51.0 Å². The Morgan fingerprint density at radius 2 is 1.78 bits per heavy atom. The van der Waals surface area contributed by atoms with Crippen LogP contribution in [0.1, 0.15) is 12.0 Å². The molecule has 0 saturated carbocycles. The highest BCUT2D eigenvalue weighted by Gasteiger charge is 2.17. The van der Waals surface area contributed by atoms with Crippen LogP contribution < -0.4 is 0 Å². The van der Waals surface area contributed by atoms with Crippen LogP contribution in [0.15, 0.2) is 42.7 Å². The fourth-order valence-electron chi connectivity index (χ4n) is 2.85. The monoisotopic (exact) mass is 314 g/mol. The fourth-order valence-corrected chi connectivity index (χ4v) is 2.85. The second-order valence-corrected chi connectivity index (χ2v) is 5.89. The minimum Gasteiger partial charge on any atom is -0.481 e. The third kappa shape index (κ3) is 4.40. The summed E-state index contributed by atoms with van der Waals surface area (Å²) in [6.07, 6.45) is 4.22. The molecule has 1 aliphatic rings. The number of para-hydroxylation sites is 1. The predicted octanol–water partition coefficient (Wildman–Crippen LogP) is 1.46. The number of carbonyl (C=O) groups is 1. The van der Waals surface area contributed by atoms with Gasteiger partial charge in [-0.05, 0) is 12.1 Å². The Morgan fingerprint density at radius 1 is 1.09 bits per heavy atom. The molecule has 122 valence electrons. The first-order chi connectivity index (χ1) is 11.2. The lowest BCUT2D eigenvalue weighted by atomic mass is 10.2. The number of nitrogens with zero attached hydrogens (tertiary/aromatic N) is 4. The van der Waals surface area contributed by atoms with E-state index in [1.54, 1.807) is 0 Å². The predicted molar refractivity (Wildman–Crippen MR) is 87.5 cm³/mol. The molecule has 0 unspecified atom stereocenters. The minimum absolute atomic E-state index is 0.226. The van der Waals surface area contributed by atoms with Gasteiger partial charge in [0.25, 0.3) is 0 Å². The summed E-state index contributed by atoms with van der Waals surface area (Å²) in [4.78, 5) is 15.2. The summed E-state index contributed by atoms with van der Waals surface area (Å²) in [5, 5.41) is 13.2. The van der Waals surface area contributed by atoms with Gasteiger partial charge in [-0.2, -0.15) is 5.10 Å².